The summed E-state index contributed by atoms with van der Waals surface area (Å²) in [6.07, 6.45) is 2.83. The fourth-order valence-electron chi connectivity index (χ4n) is 2.14. The maximum atomic E-state index is 5.92. The number of benzene rings is 1. The zero-order valence-electron chi connectivity index (χ0n) is 13.5. The summed E-state index contributed by atoms with van der Waals surface area (Å²) in [5.41, 5.74) is 8.19. The quantitative estimate of drug-likeness (QED) is 0.635. The molecule has 22 heavy (non-hydrogen) atoms. The molecule has 2 rings (SSSR count). The molecule has 0 fully saturated rings. The molecule has 0 aliphatic heterocycles. The van der Waals surface area contributed by atoms with Crippen molar-refractivity contribution in [3.63, 3.8) is 0 Å². The van der Waals surface area contributed by atoms with Gasteiger partial charge in [-0.05, 0) is 37.0 Å². The summed E-state index contributed by atoms with van der Waals surface area (Å²) in [4.78, 5) is 4.30. The van der Waals surface area contributed by atoms with Crippen LogP contribution in [0.1, 0.15) is 44.5 Å². The first-order valence-corrected chi connectivity index (χ1v) is 7.67. The van der Waals surface area contributed by atoms with Crippen molar-refractivity contribution in [1.82, 2.24) is 14.8 Å². The molecule has 0 saturated heterocycles. The largest absolute Gasteiger partial charge is 0.370 e. The van der Waals surface area contributed by atoms with Gasteiger partial charge in [-0.3, -0.25) is 0 Å². The summed E-state index contributed by atoms with van der Waals surface area (Å²) in [5.74, 6) is 1.75. The van der Waals surface area contributed by atoms with Gasteiger partial charge in [0.05, 0.1) is 0 Å². The molecule has 1 aromatic heterocycles. The molecule has 0 spiro atoms. The van der Waals surface area contributed by atoms with Gasteiger partial charge in [-0.25, -0.2) is 4.99 Å². The maximum absolute atomic E-state index is 5.92. The Morgan fingerprint density at radius 1 is 1.32 bits per heavy atom. The molecule has 6 heteroatoms. The summed E-state index contributed by atoms with van der Waals surface area (Å²) in [6.45, 7) is 7.69. The van der Waals surface area contributed by atoms with Gasteiger partial charge in [0.1, 0.15) is 12.9 Å². The van der Waals surface area contributed by atoms with E-state index in [2.05, 4.69) is 46.5 Å². The standard InChI is InChI=1S/C16H24N6/c1-4-12(3)13-6-8-14(9-7-13)20-16(17)18-10-15-21-19-11-22(15)5-2/h6-9,11-12H,4-5,10H2,1-3H3,(H3,17,18,20). The topological polar surface area (TPSA) is 81.1 Å². The third-order valence-corrected chi connectivity index (χ3v) is 3.79. The predicted molar refractivity (Wildman–Crippen MR) is 89.8 cm³/mol. The van der Waals surface area contributed by atoms with Gasteiger partial charge < -0.3 is 15.6 Å². The number of hydrogen-bond donors (Lipinski definition) is 2. The second-order valence-corrected chi connectivity index (χ2v) is 5.29. The Bertz CT molecular complexity index is 614. The van der Waals surface area contributed by atoms with Crippen LogP contribution in [0.25, 0.3) is 0 Å². The van der Waals surface area contributed by atoms with Gasteiger partial charge in [0.2, 0.25) is 0 Å². The van der Waals surface area contributed by atoms with E-state index in [4.69, 9.17) is 5.73 Å². The van der Waals surface area contributed by atoms with Gasteiger partial charge in [0.25, 0.3) is 0 Å². The molecule has 0 amide bonds. The maximum Gasteiger partial charge on any atom is 0.193 e. The first-order valence-electron chi connectivity index (χ1n) is 7.67. The first-order chi connectivity index (χ1) is 10.6. The second-order valence-electron chi connectivity index (χ2n) is 5.29. The minimum atomic E-state index is 0.377. The summed E-state index contributed by atoms with van der Waals surface area (Å²) < 4.78 is 1.94. The van der Waals surface area contributed by atoms with Crippen LogP contribution in [0.4, 0.5) is 5.69 Å². The SMILES string of the molecule is CCC(C)c1ccc(NC(N)=NCc2nncn2CC)cc1. The van der Waals surface area contributed by atoms with Crippen molar-refractivity contribution in [1.29, 1.82) is 0 Å². The van der Waals surface area contributed by atoms with E-state index < -0.39 is 0 Å². The highest BCUT2D eigenvalue weighted by Crippen LogP contribution is 2.20. The van der Waals surface area contributed by atoms with Gasteiger partial charge in [-0.2, -0.15) is 0 Å². The van der Waals surface area contributed by atoms with Crippen LogP contribution in [0.15, 0.2) is 35.6 Å². The first kappa shape index (κ1) is 16.0. The monoisotopic (exact) mass is 300 g/mol. The number of hydrogen-bond acceptors (Lipinski definition) is 3. The molecule has 0 saturated carbocycles. The van der Waals surface area contributed by atoms with E-state index >= 15 is 0 Å². The summed E-state index contributed by atoms with van der Waals surface area (Å²) in [5, 5.41) is 11.0. The number of nitrogens with one attached hydrogen (secondary N) is 1. The Hall–Kier alpha value is -2.37. The number of guanidine groups is 1. The van der Waals surface area contributed by atoms with Gasteiger partial charge in [0, 0.05) is 12.2 Å². The van der Waals surface area contributed by atoms with Crippen LogP contribution in [0, 0.1) is 0 Å². The second kappa shape index (κ2) is 7.59. The molecule has 1 atom stereocenters. The minimum absolute atomic E-state index is 0.377. The van der Waals surface area contributed by atoms with E-state index in [0.717, 1.165) is 24.5 Å². The molecule has 0 radical (unpaired) electrons. The van der Waals surface area contributed by atoms with Crippen LogP contribution in [0.5, 0.6) is 0 Å². The van der Waals surface area contributed by atoms with Crippen molar-refractivity contribution in [2.75, 3.05) is 5.32 Å². The molecule has 0 bridgehead atoms. The fourth-order valence-corrected chi connectivity index (χ4v) is 2.14. The molecule has 0 aliphatic rings. The normalized spacial score (nSPS) is 13.1. The van der Waals surface area contributed by atoms with Gasteiger partial charge in [-0.1, -0.05) is 26.0 Å². The third kappa shape index (κ3) is 4.07. The van der Waals surface area contributed by atoms with Crippen molar-refractivity contribution in [3.8, 4) is 0 Å². The van der Waals surface area contributed by atoms with Crippen LogP contribution in [0.2, 0.25) is 0 Å². The molecular formula is C16H24N6. The summed E-state index contributed by atoms with van der Waals surface area (Å²) in [7, 11) is 0. The van der Waals surface area contributed by atoms with Crippen LogP contribution < -0.4 is 11.1 Å². The molecule has 1 aromatic carbocycles. The third-order valence-electron chi connectivity index (χ3n) is 3.79. The average molecular weight is 300 g/mol. The Labute approximate surface area is 131 Å². The van der Waals surface area contributed by atoms with Crippen LogP contribution in [0.3, 0.4) is 0 Å². The lowest BCUT2D eigenvalue weighted by molar-refractivity contribution is 0.699. The lowest BCUT2D eigenvalue weighted by atomic mass is 9.99. The Balaban J connectivity index is 1.96. The van der Waals surface area contributed by atoms with E-state index in [1.807, 2.05) is 23.6 Å². The van der Waals surface area contributed by atoms with Crippen LogP contribution >= 0.6 is 0 Å². The lowest BCUT2D eigenvalue weighted by Crippen LogP contribution is -2.22. The van der Waals surface area contributed by atoms with Crippen molar-refractivity contribution in [2.45, 2.75) is 46.2 Å². The number of nitrogens with zero attached hydrogens (tertiary/aromatic N) is 4. The van der Waals surface area contributed by atoms with Crippen molar-refractivity contribution in [3.05, 3.63) is 42.0 Å². The zero-order chi connectivity index (χ0) is 15.9. The molecule has 6 nitrogen and oxygen atoms in total. The highest BCUT2D eigenvalue weighted by molar-refractivity contribution is 5.92. The smallest absolute Gasteiger partial charge is 0.193 e. The minimum Gasteiger partial charge on any atom is -0.370 e. The zero-order valence-corrected chi connectivity index (χ0v) is 13.5. The highest BCUT2D eigenvalue weighted by atomic mass is 15.3. The van der Waals surface area contributed by atoms with E-state index in [9.17, 15) is 0 Å². The van der Waals surface area contributed by atoms with Crippen molar-refractivity contribution in [2.24, 2.45) is 10.7 Å². The van der Waals surface area contributed by atoms with Gasteiger partial charge in [-0.15, -0.1) is 10.2 Å². The number of aromatic nitrogens is 3. The van der Waals surface area contributed by atoms with Crippen LogP contribution in [-0.4, -0.2) is 20.7 Å². The highest BCUT2D eigenvalue weighted by Gasteiger charge is 2.04. The number of aliphatic imine (C=N–C) groups is 1. The summed E-state index contributed by atoms with van der Waals surface area (Å²) >= 11 is 0. The molecule has 1 heterocycles. The van der Waals surface area contributed by atoms with Crippen molar-refractivity contribution < 1.29 is 0 Å². The molecule has 0 aliphatic carbocycles. The molecule has 118 valence electrons. The van der Waals surface area contributed by atoms with Crippen LogP contribution in [-0.2, 0) is 13.1 Å². The molecular weight excluding hydrogens is 276 g/mol. The van der Waals surface area contributed by atoms with E-state index in [-0.39, 0.29) is 0 Å². The molecule has 2 aromatic rings. The molecule has 3 N–H and O–H groups in total. The van der Waals surface area contributed by atoms with Crippen molar-refractivity contribution >= 4 is 11.6 Å². The average Bonchev–Trinajstić information content (AvgIpc) is 3.00. The number of nitrogens with two attached hydrogens (primary N) is 1. The Kier molecular flexibility index (Phi) is 5.52. The Morgan fingerprint density at radius 2 is 2.05 bits per heavy atom. The van der Waals surface area contributed by atoms with Gasteiger partial charge >= 0.3 is 0 Å². The van der Waals surface area contributed by atoms with Gasteiger partial charge in [0.15, 0.2) is 11.8 Å². The number of anilines is 1. The predicted octanol–water partition coefficient (Wildman–Crippen LogP) is 2.74. The fraction of sp³-hybridized carbons (Fsp3) is 0.438. The number of rotatable bonds is 6. The molecule has 1 unspecified atom stereocenters. The van der Waals surface area contributed by atoms with E-state index in [1.54, 1.807) is 6.33 Å². The Morgan fingerprint density at radius 3 is 2.68 bits per heavy atom. The van der Waals surface area contributed by atoms with E-state index in [1.165, 1.54) is 5.56 Å². The van der Waals surface area contributed by atoms with E-state index in [0.29, 0.717) is 18.4 Å². The summed E-state index contributed by atoms with van der Waals surface area (Å²) in [6, 6.07) is 8.30. The number of aryl methyl sites for hydroxylation is 1. The lowest BCUT2D eigenvalue weighted by Gasteiger charge is -2.10.